The third-order valence-electron chi connectivity index (χ3n) is 3.03. The van der Waals surface area contributed by atoms with Crippen molar-refractivity contribution in [1.82, 2.24) is 0 Å². The van der Waals surface area contributed by atoms with Crippen molar-refractivity contribution in [2.45, 2.75) is 12.8 Å². The van der Waals surface area contributed by atoms with Crippen LogP contribution in [-0.2, 0) is 17.5 Å². The van der Waals surface area contributed by atoms with Gasteiger partial charge in [-0.25, -0.2) is 4.79 Å². The predicted molar refractivity (Wildman–Crippen MR) is 75.5 cm³/mol. The first-order valence-electron chi connectivity index (χ1n) is 6.50. The van der Waals surface area contributed by atoms with E-state index < -0.39 is 23.6 Å². The highest BCUT2D eigenvalue weighted by molar-refractivity contribution is 5.92. The normalized spacial score (nSPS) is 11.1. The van der Waals surface area contributed by atoms with Gasteiger partial charge in [0.2, 0.25) is 5.91 Å². The Morgan fingerprint density at radius 3 is 2.22 bits per heavy atom. The topological polar surface area (TPSA) is 69.4 Å². The van der Waals surface area contributed by atoms with E-state index in [-0.39, 0.29) is 12.2 Å². The fraction of sp³-hybridized carbons (Fsp3) is 0.125. The Kier molecular flexibility index (Phi) is 4.68. The summed E-state index contributed by atoms with van der Waals surface area (Å²) in [6.07, 6.45) is -4.53. The molecule has 4 nitrogen and oxygen atoms in total. The zero-order valence-corrected chi connectivity index (χ0v) is 11.8. The number of nitrogens with two attached hydrogens (primary N) is 1. The standard InChI is InChI=1S/C16H12F3NO3/c17-16(18,19)13-3-1-2-12(8-13)15(22)23-9-10-4-6-11(7-5-10)14(20)21/h1-8H,9H2,(H2,20,21). The van der Waals surface area contributed by atoms with E-state index in [0.717, 1.165) is 18.2 Å². The van der Waals surface area contributed by atoms with Crippen molar-refractivity contribution in [3.05, 3.63) is 70.8 Å². The van der Waals surface area contributed by atoms with Gasteiger partial charge in [-0.1, -0.05) is 18.2 Å². The van der Waals surface area contributed by atoms with Gasteiger partial charge in [-0.3, -0.25) is 4.79 Å². The number of hydrogen-bond donors (Lipinski definition) is 1. The first kappa shape index (κ1) is 16.5. The molecule has 0 radical (unpaired) electrons. The van der Waals surface area contributed by atoms with Gasteiger partial charge in [-0.15, -0.1) is 0 Å². The fourth-order valence-corrected chi connectivity index (χ4v) is 1.82. The van der Waals surface area contributed by atoms with Crippen molar-refractivity contribution < 1.29 is 27.5 Å². The number of carbonyl (C=O) groups excluding carboxylic acids is 2. The lowest BCUT2D eigenvalue weighted by Gasteiger charge is -2.09. The molecule has 7 heteroatoms. The molecule has 2 aromatic carbocycles. The molecule has 0 aliphatic heterocycles. The van der Waals surface area contributed by atoms with Gasteiger partial charge in [0, 0.05) is 5.56 Å². The molecule has 23 heavy (non-hydrogen) atoms. The Balaban J connectivity index is 2.03. The van der Waals surface area contributed by atoms with Gasteiger partial charge in [-0.2, -0.15) is 13.2 Å². The molecule has 0 aliphatic carbocycles. The third-order valence-corrected chi connectivity index (χ3v) is 3.03. The van der Waals surface area contributed by atoms with Gasteiger partial charge in [0.05, 0.1) is 11.1 Å². The van der Waals surface area contributed by atoms with E-state index in [1.54, 1.807) is 12.1 Å². The Bertz CT molecular complexity index is 724. The van der Waals surface area contributed by atoms with Crippen LogP contribution in [0.15, 0.2) is 48.5 Å². The zero-order valence-electron chi connectivity index (χ0n) is 11.8. The minimum absolute atomic E-state index is 0.131. The number of ether oxygens (including phenoxy) is 1. The SMILES string of the molecule is NC(=O)c1ccc(COC(=O)c2cccc(C(F)(F)F)c2)cc1. The van der Waals surface area contributed by atoms with Crippen LogP contribution in [0.5, 0.6) is 0 Å². The number of amides is 1. The highest BCUT2D eigenvalue weighted by Gasteiger charge is 2.31. The molecule has 0 bridgehead atoms. The molecule has 0 saturated carbocycles. The molecule has 0 heterocycles. The number of esters is 1. The zero-order chi connectivity index (χ0) is 17.0. The molecule has 2 N–H and O–H groups in total. The maximum absolute atomic E-state index is 12.6. The Hall–Kier alpha value is -2.83. The second-order valence-electron chi connectivity index (χ2n) is 4.72. The van der Waals surface area contributed by atoms with Gasteiger partial charge in [0.1, 0.15) is 6.61 Å². The van der Waals surface area contributed by atoms with Crippen molar-refractivity contribution in [3.63, 3.8) is 0 Å². The lowest BCUT2D eigenvalue weighted by atomic mass is 10.1. The number of benzene rings is 2. The van der Waals surface area contributed by atoms with Crippen LogP contribution in [0.2, 0.25) is 0 Å². The van der Waals surface area contributed by atoms with E-state index in [2.05, 4.69) is 0 Å². The Morgan fingerprint density at radius 1 is 1.00 bits per heavy atom. The maximum atomic E-state index is 12.6. The fourth-order valence-electron chi connectivity index (χ4n) is 1.82. The monoisotopic (exact) mass is 323 g/mol. The molecule has 0 spiro atoms. The minimum Gasteiger partial charge on any atom is -0.457 e. The first-order chi connectivity index (χ1) is 10.8. The van der Waals surface area contributed by atoms with Gasteiger partial charge in [0.15, 0.2) is 0 Å². The molecule has 0 aliphatic rings. The second kappa shape index (κ2) is 6.51. The van der Waals surface area contributed by atoms with E-state index in [1.165, 1.54) is 18.2 Å². The summed E-state index contributed by atoms with van der Waals surface area (Å²) >= 11 is 0. The molecule has 2 rings (SSSR count). The van der Waals surface area contributed by atoms with Gasteiger partial charge in [-0.05, 0) is 35.9 Å². The number of halogens is 3. The summed E-state index contributed by atoms with van der Waals surface area (Å²) in [6.45, 7) is -0.131. The van der Waals surface area contributed by atoms with E-state index >= 15 is 0 Å². The van der Waals surface area contributed by atoms with Crippen LogP contribution >= 0.6 is 0 Å². The molecule has 2 aromatic rings. The van der Waals surface area contributed by atoms with Crippen LogP contribution in [0.25, 0.3) is 0 Å². The average molecular weight is 323 g/mol. The summed E-state index contributed by atoms with van der Waals surface area (Å²) in [5.74, 6) is -1.45. The molecule has 120 valence electrons. The van der Waals surface area contributed by atoms with Gasteiger partial charge in [0.25, 0.3) is 0 Å². The Labute approximate surface area is 129 Å². The van der Waals surface area contributed by atoms with Gasteiger partial charge >= 0.3 is 12.1 Å². The third kappa shape index (κ3) is 4.32. The highest BCUT2D eigenvalue weighted by Crippen LogP contribution is 2.29. The minimum atomic E-state index is -4.53. The average Bonchev–Trinajstić information content (AvgIpc) is 2.52. The summed E-state index contributed by atoms with van der Waals surface area (Å²) in [5, 5.41) is 0. The van der Waals surface area contributed by atoms with Crippen molar-refractivity contribution in [2.75, 3.05) is 0 Å². The molecule has 0 unspecified atom stereocenters. The summed E-state index contributed by atoms with van der Waals surface area (Å²) < 4.78 is 42.7. The molecule has 1 amide bonds. The van der Waals surface area contributed by atoms with Crippen molar-refractivity contribution >= 4 is 11.9 Å². The predicted octanol–water partition coefficient (Wildman–Crippen LogP) is 3.16. The van der Waals surface area contributed by atoms with Gasteiger partial charge < -0.3 is 10.5 Å². The molecule has 0 aromatic heterocycles. The van der Waals surface area contributed by atoms with Crippen molar-refractivity contribution in [1.29, 1.82) is 0 Å². The van der Waals surface area contributed by atoms with Crippen LogP contribution in [0.4, 0.5) is 13.2 Å². The number of hydrogen-bond acceptors (Lipinski definition) is 3. The molecule has 0 fully saturated rings. The molecular weight excluding hydrogens is 311 g/mol. The quantitative estimate of drug-likeness (QED) is 0.879. The lowest BCUT2D eigenvalue weighted by Crippen LogP contribution is -2.11. The summed E-state index contributed by atoms with van der Waals surface area (Å²) in [4.78, 5) is 22.7. The first-order valence-corrected chi connectivity index (χ1v) is 6.50. The van der Waals surface area contributed by atoms with Crippen LogP contribution in [0.1, 0.15) is 31.8 Å². The molecule has 0 saturated heterocycles. The number of carbonyl (C=O) groups is 2. The van der Waals surface area contributed by atoms with Crippen LogP contribution in [0.3, 0.4) is 0 Å². The molecular formula is C16H12F3NO3. The van der Waals surface area contributed by atoms with Crippen molar-refractivity contribution in [3.8, 4) is 0 Å². The number of primary amides is 1. The number of rotatable bonds is 4. The van der Waals surface area contributed by atoms with E-state index in [1.807, 2.05) is 0 Å². The maximum Gasteiger partial charge on any atom is 0.416 e. The van der Waals surface area contributed by atoms with Crippen LogP contribution < -0.4 is 5.73 Å². The summed E-state index contributed by atoms with van der Waals surface area (Å²) in [5.41, 5.74) is 4.87. The lowest BCUT2D eigenvalue weighted by molar-refractivity contribution is -0.137. The smallest absolute Gasteiger partial charge is 0.416 e. The van der Waals surface area contributed by atoms with E-state index in [9.17, 15) is 22.8 Å². The van der Waals surface area contributed by atoms with E-state index in [0.29, 0.717) is 11.1 Å². The number of alkyl halides is 3. The van der Waals surface area contributed by atoms with Crippen molar-refractivity contribution in [2.24, 2.45) is 5.73 Å². The Morgan fingerprint density at radius 2 is 1.65 bits per heavy atom. The highest BCUT2D eigenvalue weighted by atomic mass is 19.4. The van der Waals surface area contributed by atoms with Crippen LogP contribution in [-0.4, -0.2) is 11.9 Å². The largest absolute Gasteiger partial charge is 0.457 e. The van der Waals surface area contributed by atoms with Crippen LogP contribution in [0, 0.1) is 0 Å². The summed E-state index contributed by atoms with van der Waals surface area (Å²) in [6, 6.07) is 10.0. The molecule has 0 atom stereocenters. The second-order valence-corrected chi connectivity index (χ2v) is 4.72. The summed E-state index contributed by atoms with van der Waals surface area (Å²) in [7, 11) is 0. The van der Waals surface area contributed by atoms with E-state index in [4.69, 9.17) is 10.5 Å².